The molecular formula is C14H16N2O3. The molecule has 0 unspecified atom stereocenters. The second-order valence-corrected chi connectivity index (χ2v) is 4.88. The number of hydrogen-bond acceptors (Lipinski definition) is 3. The van der Waals surface area contributed by atoms with Crippen LogP contribution in [0.2, 0.25) is 0 Å². The highest BCUT2D eigenvalue weighted by atomic mass is 16.4. The van der Waals surface area contributed by atoms with Crippen LogP contribution in [0.25, 0.3) is 11.5 Å². The van der Waals surface area contributed by atoms with E-state index in [0.717, 1.165) is 42.4 Å². The van der Waals surface area contributed by atoms with Crippen molar-refractivity contribution in [2.75, 3.05) is 0 Å². The Morgan fingerprint density at radius 2 is 2.37 bits per heavy atom. The molecule has 5 heteroatoms. The maximum atomic E-state index is 10.7. The van der Waals surface area contributed by atoms with Crippen molar-refractivity contribution in [1.82, 2.24) is 9.55 Å². The third-order valence-corrected chi connectivity index (χ3v) is 3.48. The summed E-state index contributed by atoms with van der Waals surface area (Å²) < 4.78 is 7.79. The van der Waals surface area contributed by atoms with Gasteiger partial charge in [-0.15, -0.1) is 0 Å². The standard InChI is InChI=1S/C14H16N2O3/c1-9-4-5-11(19-9)14-10-3-2-8-16(10)12(15-14)6-7-13(17)18/h4-5H,2-3,6-8H2,1H3,(H,17,18). The summed E-state index contributed by atoms with van der Waals surface area (Å²) in [4.78, 5) is 15.3. The zero-order valence-corrected chi connectivity index (χ0v) is 10.8. The minimum atomic E-state index is -0.786. The molecule has 0 aromatic carbocycles. The average Bonchev–Trinajstić information content (AvgIpc) is 3.02. The molecule has 19 heavy (non-hydrogen) atoms. The fourth-order valence-corrected chi connectivity index (χ4v) is 2.63. The van der Waals surface area contributed by atoms with Gasteiger partial charge in [0.05, 0.1) is 6.42 Å². The average molecular weight is 260 g/mol. The van der Waals surface area contributed by atoms with Crippen LogP contribution in [0, 0.1) is 6.92 Å². The summed E-state index contributed by atoms with van der Waals surface area (Å²) in [6, 6.07) is 3.85. The molecule has 2 aromatic heterocycles. The summed E-state index contributed by atoms with van der Waals surface area (Å²) in [5.41, 5.74) is 2.06. The quantitative estimate of drug-likeness (QED) is 0.916. The van der Waals surface area contributed by atoms with Gasteiger partial charge in [0, 0.05) is 18.7 Å². The van der Waals surface area contributed by atoms with Crippen molar-refractivity contribution < 1.29 is 14.3 Å². The molecule has 0 aliphatic carbocycles. The maximum absolute atomic E-state index is 10.7. The van der Waals surface area contributed by atoms with Crippen LogP contribution in [0.4, 0.5) is 0 Å². The second kappa shape index (κ2) is 4.57. The molecule has 0 spiro atoms. The second-order valence-electron chi connectivity index (χ2n) is 4.88. The van der Waals surface area contributed by atoms with E-state index in [1.165, 1.54) is 5.69 Å². The number of hydrogen-bond donors (Lipinski definition) is 1. The summed E-state index contributed by atoms with van der Waals surface area (Å²) in [6.45, 7) is 2.84. The molecule has 1 N–H and O–H groups in total. The molecule has 1 aliphatic heterocycles. The number of imidazole rings is 1. The first kappa shape index (κ1) is 12.0. The molecule has 0 atom stereocenters. The Morgan fingerprint density at radius 3 is 3.05 bits per heavy atom. The lowest BCUT2D eigenvalue weighted by Crippen LogP contribution is -2.04. The van der Waals surface area contributed by atoms with Gasteiger partial charge in [0.2, 0.25) is 0 Å². The van der Waals surface area contributed by atoms with Crippen molar-refractivity contribution in [3.63, 3.8) is 0 Å². The molecule has 2 aromatic rings. The number of aryl methyl sites for hydroxylation is 2. The van der Waals surface area contributed by atoms with Crippen molar-refractivity contribution in [2.24, 2.45) is 0 Å². The Bertz CT molecular complexity index is 625. The molecule has 100 valence electrons. The fourth-order valence-electron chi connectivity index (χ4n) is 2.63. The van der Waals surface area contributed by atoms with E-state index in [0.29, 0.717) is 6.42 Å². The largest absolute Gasteiger partial charge is 0.481 e. The number of nitrogens with zero attached hydrogens (tertiary/aromatic N) is 2. The van der Waals surface area contributed by atoms with E-state index in [2.05, 4.69) is 9.55 Å². The first-order chi connectivity index (χ1) is 9.15. The number of carbonyl (C=O) groups is 1. The van der Waals surface area contributed by atoms with Crippen molar-refractivity contribution in [3.05, 3.63) is 29.4 Å². The number of fused-ring (bicyclic) bond motifs is 1. The van der Waals surface area contributed by atoms with Crippen LogP contribution in [-0.4, -0.2) is 20.6 Å². The van der Waals surface area contributed by atoms with E-state index in [4.69, 9.17) is 9.52 Å². The van der Waals surface area contributed by atoms with Crippen LogP contribution < -0.4 is 0 Å². The van der Waals surface area contributed by atoms with E-state index < -0.39 is 5.97 Å². The lowest BCUT2D eigenvalue weighted by Gasteiger charge is -2.01. The Hall–Kier alpha value is -2.04. The lowest BCUT2D eigenvalue weighted by atomic mass is 10.2. The highest BCUT2D eigenvalue weighted by molar-refractivity contribution is 5.67. The Kier molecular flexibility index (Phi) is 2.89. The molecule has 0 bridgehead atoms. The minimum Gasteiger partial charge on any atom is -0.481 e. The molecule has 0 radical (unpaired) electrons. The molecule has 0 amide bonds. The number of aliphatic carboxylic acids is 1. The third-order valence-electron chi connectivity index (χ3n) is 3.48. The lowest BCUT2D eigenvalue weighted by molar-refractivity contribution is -0.137. The SMILES string of the molecule is Cc1ccc(-c2nc(CCC(=O)O)n3c2CCC3)o1. The van der Waals surface area contributed by atoms with Gasteiger partial charge in [0.25, 0.3) is 0 Å². The normalized spacial score (nSPS) is 13.7. The molecule has 0 fully saturated rings. The van der Waals surface area contributed by atoms with Crippen LogP contribution in [-0.2, 0) is 24.2 Å². The number of rotatable bonds is 4. The van der Waals surface area contributed by atoms with Gasteiger partial charge < -0.3 is 14.1 Å². The molecule has 5 nitrogen and oxygen atoms in total. The minimum absolute atomic E-state index is 0.118. The van der Waals surface area contributed by atoms with Gasteiger partial charge in [-0.05, 0) is 31.9 Å². The van der Waals surface area contributed by atoms with Crippen molar-refractivity contribution in [1.29, 1.82) is 0 Å². The summed E-state index contributed by atoms with van der Waals surface area (Å²) in [5.74, 6) is 1.72. The van der Waals surface area contributed by atoms with Gasteiger partial charge in [0.15, 0.2) is 5.76 Å². The van der Waals surface area contributed by atoms with Crippen LogP contribution in [0.1, 0.15) is 30.1 Å². The van der Waals surface area contributed by atoms with Crippen LogP contribution in [0.15, 0.2) is 16.5 Å². The van der Waals surface area contributed by atoms with E-state index in [-0.39, 0.29) is 6.42 Å². The van der Waals surface area contributed by atoms with Crippen LogP contribution >= 0.6 is 0 Å². The third kappa shape index (κ3) is 2.16. The van der Waals surface area contributed by atoms with Crippen molar-refractivity contribution in [3.8, 4) is 11.5 Å². The number of aromatic nitrogens is 2. The summed E-state index contributed by atoms with van der Waals surface area (Å²) >= 11 is 0. The molecule has 3 heterocycles. The summed E-state index contributed by atoms with van der Waals surface area (Å²) in [7, 11) is 0. The number of carboxylic acids is 1. The predicted molar refractivity (Wildman–Crippen MR) is 68.9 cm³/mol. The van der Waals surface area contributed by atoms with Crippen LogP contribution in [0.5, 0.6) is 0 Å². The van der Waals surface area contributed by atoms with Gasteiger partial charge in [-0.2, -0.15) is 0 Å². The Balaban J connectivity index is 1.97. The van der Waals surface area contributed by atoms with Gasteiger partial charge >= 0.3 is 5.97 Å². The number of furan rings is 1. The Morgan fingerprint density at radius 1 is 1.53 bits per heavy atom. The predicted octanol–water partition coefficient (Wildman–Crippen LogP) is 2.41. The summed E-state index contributed by atoms with van der Waals surface area (Å²) in [6.07, 6.45) is 2.66. The maximum Gasteiger partial charge on any atom is 0.303 e. The monoisotopic (exact) mass is 260 g/mol. The zero-order chi connectivity index (χ0) is 13.4. The van der Waals surface area contributed by atoms with E-state index in [9.17, 15) is 4.79 Å². The van der Waals surface area contributed by atoms with Crippen molar-refractivity contribution in [2.45, 2.75) is 39.2 Å². The highest BCUT2D eigenvalue weighted by Gasteiger charge is 2.23. The van der Waals surface area contributed by atoms with Gasteiger partial charge in [0.1, 0.15) is 17.3 Å². The van der Waals surface area contributed by atoms with E-state index in [1.54, 1.807) is 0 Å². The van der Waals surface area contributed by atoms with Gasteiger partial charge in [-0.1, -0.05) is 0 Å². The number of carboxylic acid groups (broad SMARTS) is 1. The molecule has 0 saturated carbocycles. The van der Waals surface area contributed by atoms with Gasteiger partial charge in [-0.25, -0.2) is 4.98 Å². The van der Waals surface area contributed by atoms with E-state index in [1.807, 2.05) is 19.1 Å². The van der Waals surface area contributed by atoms with Crippen molar-refractivity contribution >= 4 is 5.97 Å². The Labute approximate surface area is 110 Å². The van der Waals surface area contributed by atoms with E-state index >= 15 is 0 Å². The first-order valence-corrected chi connectivity index (χ1v) is 6.52. The molecule has 1 aliphatic rings. The molecule has 0 saturated heterocycles. The van der Waals surface area contributed by atoms with Crippen LogP contribution in [0.3, 0.4) is 0 Å². The fraction of sp³-hybridized carbons (Fsp3) is 0.429. The molecule has 3 rings (SSSR count). The first-order valence-electron chi connectivity index (χ1n) is 6.52. The smallest absolute Gasteiger partial charge is 0.303 e. The zero-order valence-electron chi connectivity index (χ0n) is 10.8. The molecular weight excluding hydrogens is 244 g/mol. The van der Waals surface area contributed by atoms with Gasteiger partial charge in [-0.3, -0.25) is 4.79 Å². The topological polar surface area (TPSA) is 68.3 Å². The summed E-state index contributed by atoms with van der Waals surface area (Å²) in [5, 5.41) is 8.79. The highest BCUT2D eigenvalue weighted by Crippen LogP contribution is 2.30.